The van der Waals surface area contributed by atoms with Gasteiger partial charge in [-0.15, -0.1) is 11.8 Å². The maximum Gasteiger partial charge on any atom is 0.105 e. The summed E-state index contributed by atoms with van der Waals surface area (Å²) in [7, 11) is 0. The lowest BCUT2D eigenvalue weighted by atomic mass is 10.0. The van der Waals surface area contributed by atoms with Gasteiger partial charge in [0, 0.05) is 16.7 Å². The van der Waals surface area contributed by atoms with Crippen LogP contribution in [0.1, 0.15) is 39.2 Å². The predicted molar refractivity (Wildman–Crippen MR) is 78.9 cm³/mol. The lowest BCUT2D eigenvalue weighted by molar-refractivity contribution is 0.560. The van der Waals surface area contributed by atoms with Crippen molar-refractivity contribution < 1.29 is 0 Å². The molecule has 0 aromatic heterocycles. The second-order valence-electron chi connectivity index (χ2n) is 5.04. The number of benzene rings is 1. The molecule has 0 saturated carbocycles. The zero-order valence-electron chi connectivity index (χ0n) is 11.6. The Hall–Kier alpha value is -0.980. The van der Waals surface area contributed by atoms with Gasteiger partial charge in [-0.3, -0.25) is 5.32 Å². The van der Waals surface area contributed by atoms with Crippen LogP contribution in [0.4, 0.5) is 0 Å². The monoisotopic (exact) mass is 262 g/mol. The van der Waals surface area contributed by atoms with Crippen LogP contribution in [0.5, 0.6) is 0 Å². The maximum atomic E-state index is 9.04. The van der Waals surface area contributed by atoms with Gasteiger partial charge in [-0.05, 0) is 37.5 Å². The van der Waals surface area contributed by atoms with E-state index >= 15 is 0 Å². The van der Waals surface area contributed by atoms with Gasteiger partial charge in [0.25, 0.3) is 0 Å². The van der Waals surface area contributed by atoms with E-state index in [0.29, 0.717) is 12.0 Å². The molecule has 0 radical (unpaired) electrons. The van der Waals surface area contributed by atoms with Gasteiger partial charge >= 0.3 is 0 Å². The van der Waals surface area contributed by atoms with Crippen LogP contribution in [-0.2, 0) is 0 Å². The Labute approximate surface area is 115 Å². The van der Waals surface area contributed by atoms with Crippen molar-refractivity contribution in [2.24, 2.45) is 0 Å². The fraction of sp³-hybridized carbons (Fsp3) is 0.533. The van der Waals surface area contributed by atoms with Crippen LogP contribution in [0.15, 0.2) is 29.2 Å². The van der Waals surface area contributed by atoms with Crippen LogP contribution in [0.25, 0.3) is 0 Å². The van der Waals surface area contributed by atoms with E-state index in [1.54, 1.807) is 11.8 Å². The standard InChI is InChI=1S/C15H22N2S/c1-11(2)13-5-7-15(8-6-13)18-10-14(9-16)17-12(3)4/h5-8,11-12,14,17H,10H2,1-4H3. The van der Waals surface area contributed by atoms with Crippen LogP contribution in [0.2, 0.25) is 0 Å². The highest BCUT2D eigenvalue weighted by atomic mass is 32.2. The molecule has 1 N–H and O–H groups in total. The Kier molecular flexibility index (Phi) is 6.24. The van der Waals surface area contributed by atoms with Crippen molar-refractivity contribution in [1.29, 1.82) is 5.26 Å². The van der Waals surface area contributed by atoms with Crippen molar-refractivity contribution in [3.63, 3.8) is 0 Å². The van der Waals surface area contributed by atoms with E-state index in [-0.39, 0.29) is 6.04 Å². The van der Waals surface area contributed by atoms with Gasteiger partial charge in [-0.2, -0.15) is 5.26 Å². The third kappa shape index (κ3) is 5.12. The van der Waals surface area contributed by atoms with Crippen molar-refractivity contribution in [3.05, 3.63) is 29.8 Å². The second kappa shape index (κ2) is 7.45. The Morgan fingerprint density at radius 2 is 1.78 bits per heavy atom. The van der Waals surface area contributed by atoms with Gasteiger partial charge in [0.2, 0.25) is 0 Å². The molecule has 1 unspecified atom stereocenters. The minimum Gasteiger partial charge on any atom is -0.299 e. The molecule has 18 heavy (non-hydrogen) atoms. The minimum atomic E-state index is -0.0835. The summed E-state index contributed by atoms with van der Waals surface area (Å²) in [5.41, 5.74) is 1.36. The Morgan fingerprint density at radius 1 is 1.17 bits per heavy atom. The Bertz CT molecular complexity index is 390. The average molecular weight is 262 g/mol. The average Bonchev–Trinajstić information content (AvgIpc) is 2.34. The predicted octanol–water partition coefficient (Wildman–Crippen LogP) is 3.79. The summed E-state index contributed by atoms with van der Waals surface area (Å²) in [5, 5.41) is 12.3. The minimum absolute atomic E-state index is 0.0835. The van der Waals surface area contributed by atoms with Gasteiger partial charge in [0.1, 0.15) is 6.04 Å². The second-order valence-corrected chi connectivity index (χ2v) is 6.13. The van der Waals surface area contributed by atoms with Crippen LogP contribution in [-0.4, -0.2) is 17.8 Å². The van der Waals surface area contributed by atoms with Crippen LogP contribution in [0, 0.1) is 11.3 Å². The normalized spacial score (nSPS) is 12.7. The molecule has 3 heteroatoms. The molecule has 0 amide bonds. The summed E-state index contributed by atoms with van der Waals surface area (Å²) in [6.07, 6.45) is 0. The maximum absolute atomic E-state index is 9.04. The van der Waals surface area contributed by atoms with Crippen LogP contribution >= 0.6 is 11.8 Å². The molecule has 1 atom stereocenters. The van der Waals surface area contributed by atoms with Gasteiger partial charge in [-0.25, -0.2) is 0 Å². The number of hydrogen-bond donors (Lipinski definition) is 1. The fourth-order valence-electron chi connectivity index (χ4n) is 1.65. The van der Waals surface area contributed by atoms with E-state index in [4.69, 9.17) is 5.26 Å². The number of hydrogen-bond acceptors (Lipinski definition) is 3. The Morgan fingerprint density at radius 3 is 2.22 bits per heavy atom. The van der Waals surface area contributed by atoms with Crippen molar-refractivity contribution in [2.75, 3.05) is 5.75 Å². The molecular weight excluding hydrogens is 240 g/mol. The van der Waals surface area contributed by atoms with Gasteiger partial charge in [-0.1, -0.05) is 26.0 Å². The van der Waals surface area contributed by atoms with Gasteiger partial charge < -0.3 is 0 Å². The lowest BCUT2D eigenvalue weighted by Gasteiger charge is -2.14. The zero-order chi connectivity index (χ0) is 13.5. The molecule has 0 aliphatic heterocycles. The highest BCUT2D eigenvalue weighted by Crippen LogP contribution is 2.22. The van der Waals surface area contributed by atoms with E-state index in [9.17, 15) is 0 Å². The number of nitriles is 1. The summed E-state index contributed by atoms with van der Waals surface area (Å²) in [6, 6.07) is 11.2. The summed E-state index contributed by atoms with van der Waals surface area (Å²) in [5.74, 6) is 1.36. The summed E-state index contributed by atoms with van der Waals surface area (Å²) in [4.78, 5) is 1.23. The third-order valence-electron chi connectivity index (χ3n) is 2.65. The summed E-state index contributed by atoms with van der Waals surface area (Å²) < 4.78 is 0. The highest BCUT2D eigenvalue weighted by Gasteiger charge is 2.09. The van der Waals surface area contributed by atoms with E-state index in [0.717, 1.165) is 5.75 Å². The number of rotatable bonds is 6. The van der Waals surface area contributed by atoms with Crippen LogP contribution < -0.4 is 5.32 Å². The molecule has 0 heterocycles. The molecule has 1 rings (SSSR count). The summed E-state index contributed by atoms with van der Waals surface area (Å²) >= 11 is 1.73. The van der Waals surface area contributed by atoms with E-state index in [1.165, 1.54) is 10.5 Å². The largest absolute Gasteiger partial charge is 0.299 e. The molecule has 1 aromatic rings. The molecule has 0 aliphatic carbocycles. The smallest absolute Gasteiger partial charge is 0.105 e. The SMILES string of the molecule is CC(C)NC(C#N)CSc1ccc(C(C)C)cc1. The first-order valence-corrected chi connectivity index (χ1v) is 7.40. The molecule has 0 spiro atoms. The molecular formula is C15H22N2S. The number of nitrogens with one attached hydrogen (secondary N) is 1. The molecule has 2 nitrogen and oxygen atoms in total. The first-order valence-electron chi connectivity index (χ1n) is 6.41. The third-order valence-corrected chi connectivity index (χ3v) is 3.76. The first-order chi connectivity index (χ1) is 8.52. The first kappa shape index (κ1) is 15.1. The van der Waals surface area contributed by atoms with Crippen molar-refractivity contribution in [1.82, 2.24) is 5.32 Å². The molecule has 1 aromatic carbocycles. The van der Waals surface area contributed by atoms with E-state index in [2.05, 4.69) is 63.3 Å². The van der Waals surface area contributed by atoms with Crippen molar-refractivity contribution in [2.45, 2.75) is 50.6 Å². The molecule has 98 valence electrons. The fourth-order valence-corrected chi connectivity index (χ4v) is 2.51. The van der Waals surface area contributed by atoms with Crippen molar-refractivity contribution >= 4 is 11.8 Å². The van der Waals surface area contributed by atoms with Crippen LogP contribution in [0.3, 0.4) is 0 Å². The van der Waals surface area contributed by atoms with Crippen molar-refractivity contribution in [3.8, 4) is 6.07 Å². The highest BCUT2D eigenvalue weighted by molar-refractivity contribution is 7.99. The quantitative estimate of drug-likeness (QED) is 0.792. The van der Waals surface area contributed by atoms with E-state index < -0.39 is 0 Å². The topological polar surface area (TPSA) is 35.8 Å². The number of nitrogens with zero attached hydrogens (tertiary/aromatic N) is 1. The lowest BCUT2D eigenvalue weighted by Crippen LogP contribution is -2.35. The van der Waals surface area contributed by atoms with Gasteiger partial charge in [0.05, 0.1) is 6.07 Å². The molecule has 0 bridgehead atoms. The Balaban J connectivity index is 2.50. The number of thioether (sulfide) groups is 1. The molecule has 0 saturated heterocycles. The van der Waals surface area contributed by atoms with E-state index in [1.807, 2.05) is 0 Å². The molecule has 0 fully saturated rings. The summed E-state index contributed by atoms with van der Waals surface area (Å²) in [6.45, 7) is 8.51. The van der Waals surface area contributed by atoms with Gasteiger partial charge in [0.15, 0.2) is 0 Å². The molecule has 0 aliphatic rings. The zero-order valence-corrected chi connectivity index (χ0v) is 12.4.